The van der Waals surface area contributed by atoms with E-state index >= 15 is 0 Å². The molecule has 7 nitrogen and oxygen atoms in total. The van der Waals surface area contributed by atoms with Gasteiger partial charge < -0.3 is 16.8 Å². The minimum Gasteiger partial charge on any atom is -0.370 e. The summed E-state index contributed by atoms with van der Waals surface area (Å²) in [6, 6.07) is 19.3. The molecule has 0 fully saturated rings. The molecule has 1 atom stereocenters. The topological polar surface area (TPSA) is 105 Å². The molecule has 33 heavy (non-hydrogen) atoms. The summed E-state index contributed by atoms with van der Waals surface area (Å²) < 4.78 is 0. The smallest absolute Gasteiger partial charge is 0.185 e. The monoisotopic (exact) mass is 443 g/mol. The molecule has 1 aliphatic rings. The van der Waals surface area contributed by atoms with Gasteiger partial charge in [0.2, 0.25) is 0 Å². The molecule has 1 unspecified atom stereocenters. The summed E-state index contributed by atoms with van der Waals surface area (Å²) in [5, 5.41) is 3.46. The fourth-order valence-corrected chi connectivity index (χ4v) is 4.43. The van der Waals surface area contributed by atoms with Gasteiger partial charge in [0, 0.05) is 38.6 Å². The van der Waals surface area contributed by atoms with Crippen molar-refractivity contribution in [3.8, 4) is 0 Å². The first kappa shape index (κ1) is 22.9. The SMILES string of the molecule is NC(N)=NCCN(Cc1ccc(CNCc2ccccn2)cc1)C1CCCc2cccnc21. The van der Waals surface area contributed by atoms with Crippen LogP contribution in [0.4, 0.5) is 0 Å². The Morgan fingerprint density at radius 3 is 2.58 bits per heavy atom. The molecule has 7 heteroatoms. The van der Waals surface area contributed by atoms with E-state index in [1.807, 2.05) is 36.7 Å². The van der Waals surface area contributed by atoms with Crippen LogP contribution in [-0.2, 0) is 26.1 Å². The fraction of sp³-hybridized carbons (Fsp3) is 0.346. The maximum absolute atomic E-state index is 5.57. The van der Waals surface area contributed by atoms with Crippen molar-refractivity contribution < 1.29 is 0 Å². The van der Waals surface area contributed by atoms with Crippen molar-refractivity contribution in [2.75, 3.05) is 13.1 Å². The Morgan fingerprint density at radius 2 is 1.79 bits per heavy atom. The van der Waals surface area contributed by atoms with Gasteiger partial charge in [-0.2, -0.15) is 0 Å². The van der Waals surface area contributed by atoms with Crippen molar-refractivity contribution in [1.82, 2.24) is 20.2 Å². The molecule has 0 radical (unpaired) electrons. The van der Waals surface area contributed by atoms with E-state index in [1.165, 1.54) is 28.8 Å². The quantitative estimate of drug-likeness (QED) is 0.329. The number of nitrogens with two attached hydrogens (primary N) is 2. The van der Waals surface area contributed by atoms with Gasteiger partial charge in [0.15, 0.2) is 5.96 Å². The normalized spacial score (nSPS) is 15.2. The van der Waals surface area contributed by atoms with E-state index in [2.05, 4.69) is 50.5 Å². The van der Waals surface area contributed by atoms with E-state index in [9.17, 15) is 0 Å². The number of benzene rings is 1. The van der Waals surface area contributed by atoms with Crippen LogP contribution < -0.4 is 16.8 Å². The van der Waals surface area contributed by atoms with Gasteiger partial charge in [0.25, 0.3) is 0 Å². The number of hydrogen-bond acceptors (Lipinski definition) is 5. The molecule has 172 valence electrons. The lowest BCUT2D eigenvalue weighted by Crippen LogP contribution is -2.34. The van der Waals surface area contributed by atoms with Crippen LogP contribution in [0.1, 0.15) is 47.0 Å². The number of hydrogen-bond donors (Lipinski definition) is 3. The molecule has 5 N–H and O–H groups in total. The minimum atomic E-state index is 0.139. The lowest BCUT2D eigenvalue weighted by atomic mass is 9.90. The van der Waals surface area contributed by atoms with Crippen molar-refractivity contribution in [2.24, 2.45) is 16.5 Å². The van der Waals surface area contributed by atoms with Crippen LogP contribution in [-0.4, -0.2) is 33.9 Å². The summed E-state index contributed by atoms with van der Waals surface area (Å²) in [6.07, 6.45) is 7.09. The van der Waals surface area contributed by atoms with E-state index in [4.69, 9.17) is 16.5 Å². The number of rotatable bonds is 10. The highest BCUT2D eigenvalue weighted by Gasteiger charge is 2.27. The van der Waals surface area contributed by atoms with Crippen LogP contribution in [0.5, 0.6) is 0 Å². The first-order valence-corrected chi connectivity index (χ1v) is 11.6. The average Bonchev–Trinajstić information content (AvgIpc) is 2.84. The summed E-state index contributed by atoms with van der Waals surface area (Å²) in [4.78, 5) is 15.8. The largest absolute Gasteiger partial charge is 0.370 e. The molecule has 0 bridgehead atoms. The lowest BCUT2D eigenvalue weighted by Gasteiger charge is -2.35. The summed E-state index contributed by atoms with van der Waals surface area (Å²) in [5.41, 5.74) is 17.3. The van der Waals surface area contributed by atoms with Crippen molar-refractivity contribution in [2.45, 2.75) is 44.9 Å². The Labute approximate surface area is 196 Å². The molecule has 2 heterocycles. The zero-order chi connectivity index (χ0) is 22.9. The molecule has 0 saturated carbocycles. The third kappa shape index (κ3) is 6.60. The predicted octanol–water partition coefficient (Wildman–Crippen LogP) is 2.92. The van der Waals surface area contributed by atoms with E-state index in [-0.39, 0.29) is 12.0 Å². The molecular formula is C26H33N7. The van der Waals surface area contributed by atoms with Gasteiger partial charge in [-0.15, -0.1) is 0 Å². The van der Waals surface area contributed by atoms with Crippen LogP contribution in [0.25, 0.3) is 0 Å². The number of nitrogens with one attached hydrogen (secondary N) is 1. The first-order chi connectivity index (χ1) is 16.2. The fourth-order valence-electron chi connectivity index (χ4n) is 4.43. The lowest BCUT2D eigenvalue weighted by molar-refractivity contribution is 0.171. The maximum atomic E-state index is 5.57. The molecule has 4 rings (SSSR count). The molecule has 0 aliphatic heterocycles. The Hall–Kier alpha value is -3.29. The van der Waals surface area contributed by atoms with Gasteiger partial charge >= 0.3 is 0 Å². The molecule has 2 aromatic heterocycles. The van der Waals surface area contributed by atoms with Crippen LogP contribution in [0.15, 0.2) is 72.0 Å². The number of fused-ring (bicyclic) bond motifs is 1. The number of guanidine groups is 1. The summed E-state index contributed by atoms with van der Waals surface area (Å²) in [7, 11) is 0. The third-order valence-electron chi connectivity index (χ3n) is 6.06. The van der Waals surface area contributed by atoms with Crippen LogP contribution in [0.2, 0.25) is 0 Å². The van der Waals surface area contributed by atoms with E-state index in [0.29, 0.717) is 6.54 Å². The third-order valence-corrected chi connectivity index (χ3v) is 6.06. The molecule has 0 amide bonds. The van der Waals surface area contributed by atoms with Crippen molar-refractivity contribution >= 4 is 5.96 Å². The van der Waals surface area contributed by atoms with Crippen LogP contribution in [0, 0.1) is 0 Å². The average molecular weight is 444 g/mol. The molecular weight excluding hydrogens is 410 g/mol. The Bertz CT molecular complexity index is 1030. The number of aromatic nitrogens is 2. The van der Waals surface area contributed by atoms with Gasteiger partial charge in [-0.1, -0.05) is 36.4 Å². The number of aliphatic imine (C=N–C) groups is 1. The zero-order valence-electron chi connectivity index (χ0n) is 19.0. The molecule has 1 aromatic carbocycles. The molecule has 1 aliphatic carbocycles. The highest BCUT2D eigenvalue weighted by atomic mass is 15.2. The standard InChI is InChI=1S/C26H33N7/c27-26(28)32-15-16-33(24-8-3-5-22-6-4-14-31-25(22)24)19-21-11-9-20(10-12-21)17-29-18-23-7-1-2-13-30-23/h1-2,4,6-7,9-14,24,29H,3,5,8,15-19H2,(H4,27,28,32). The zero-order valence-corrected chi connectivity index (χ0v) is 19.0. The highest BCUT2D eigenvalue weighted by Crippen LogP contribution is 2.33. The van der Waals surface area contributed by atoms with Crippen LogP contribution in [0.3, 0.4) is 0 Å². The van der Waals surface area contributed by atoms with Gasteiger partial charge in [-0.25, -0.2) is 0 Å². The minimum absolute atomic E-state index is 0.139. The Balaban J connectivity index is 1.41. The second-order valence-electron chi connectivity index (χ2n) is 8.47. The second-order valence-corrected chi connectivity index (χ2v) is 8.47. The second kappa shape index (κ2) is 11.5. The van der Waals surface area contributed by atoms with E-state index in [0.717, 1.165) is 44.7 Å². The van der Waals surface area contributed by atoms with Gasteiger partial charge in [0.05, 0.1) is 24.0 Å². The number of nitrogens with zero attached hydrogens (tertiary/aromatic N) is 4. The summed E-state index contributed by atoms with van der Waals surface area (Å²) in [6.45, 7) is 3.77. The molecule has 0 spiro atoms. The number of pyridine rings is 2. The molecule has 3 aromatic rings. The first-order valence-electron chi connectivity index (χ1n) is 11.6. The van der Waals surface area contributed by atoms with Gasteiger partial charge in [-0.3, -0.25) is 19.9 Å². The molecule has 0 saturated heterocycles. The van der Waals surface area contributed by atoms with E-state index in [1.54, 1.807) is 0 Å². The van der Waals surface area contributed by atoms with Crippen LogP contribution >= 0.6 is 0 Å². The Kier molecular flexibility index (Phi) is 8.00. The summed E-state index contributed by atoms with van der Waals surface area (Å²) >= 11 is 0. The maximum Gasteiger partial charge on any atom is 0.185 e. The Morgan fingerprint density at radius 1 is 0.970 bits per heavy atom. The van der Waals surface area contributed by atoms with Gasteiger partial charge in [0.1, 0.15) is 0 Å². The van der Waals surface area contributed by atoms with Crippen molar-refractivity contribution in [3.05, 3.63) is 95.1 Å². The highest BCUT2D eigenvalue weighted by molar-refractivity contribution is 5.75. The number of aryl methyl sites for hydroxylation is 1. The van der Waals surface area contributed by atoms with Gasteiger partial charge in [-0.05, 0) is 54.2 Å². The van der Waals surface area contributed by atoms with Crippen molar-refractivity contribution in [1.29, 1.82) is 0 Å². The predicted molar refractivity (Wildman–Crippen MR) is 132 cm³/mol. The summed E-state index contributed by atoms with van der Waals surface area (Å²) in [5.74, 6) is 0.139. The van der Waals surface area contributed by atoms with Crippen molar-refractivity contribution in [3.63, 3.8) is 0 Å². The van der Waals surface area contributed by atoms with E-state index < -0.39 is 0 Å².